The molecule has 0 fully saturated rings. The first kappa shape index (κ1) is 11.9. The molecule has 0 aliphatic rings. The second kappa shape index (κ2) is 4.52. The van der Waals surface area contributed by atoms with Gasteiger partial charge in [-0.05, 0) is 52.6 Å². The summed E-state index contributed by atoms with van der Waals surface area (Å²) in [5, 5.41) is 12.3. The van der Waals surface area contributed by atoms with Crippen molar-refractivity contribution in [3.8, 4) is 11.1 Å². The third-order valence-corrected chi connectivity index (χ3v) is 4.21. The molecule has 0 atom stereocenters. The van der Waals surface area contributed by atoms with Crippen LogP contribution in [0.1, 0.15) is 15.9 Å². The topological polar surface area (TPSA) is 37.3 Å². The molecule has 0 saturated heterocycles. The van der Waals surface area contributed by atoms with E-state index in [2.05, 4.69) is 23.6 Å². The molecule has 19 heavy (non-hydrogen) atoms. The van der Waals surface area contributed by atoms with E-state index in [0.717, 1.165) is 11.1 Å². The highest BCUT2D eigenvalue weighted by atomic mass is 32.1. The summed E-state index contributed by atoms with van der Waals surface area (Å²) in [5.41, 5.74) is 3.58. The van der Waals surface area contributed by atoms with Gasteiger partial charge < -0.3 is 5.11 Å². The highest BCUT2D eigenvalue weighted by molar-refractivity contribution is 7.17. The van der Waals surface area contributed by atoms with Gasteiger partial charge in [0.05, 0.1) is 5.56 Å². The molecule has 0 aliphatic heterocycles. The third kappa shape index (κ3) is 2.02. The lowest BCUT2D eigenvalue weighted by Crippen LogP contribution is -1.97. The molecule has 0 spiro atoms. The fraction of sp³-hybridized carbons (Fsp3) is 0.0625. The van der Waals surface area contributed by atoms with Crippen molar-refractivity contribution < 1.29 is 9.90 Å². The van der Waals surface area contributed by atoms with Crippen LogP contribution >= 0.6 is 11.3 Å². The minimum Gasteiger partial charge on any atom is -0.478 e. The Hall–Kier alpha value is -2.13. The monoisotopic (exact) mass is 268 g/mol. The second-order valence-corrected chi connectivity index (χ2v) is 5.40. The van der Waals surface area contributed by atoms with Crippen LogP contribution in [-0.2, 0) is 0 Å². The maximum absolute atomic E-state index is 11.0. The Labute approximate surface area is 114 Å². The first-order chi connectivity index (χ1) is 9.16. The minimum absolute atomic E-state index is 0.333. The van der Waals surface area contributed by atoms with Gasteiger partial charge in [0.15, 0.2) is 0 Å². The summed E-state index contributed by atoms with van der Waals surface area (Å²) in [6, 6.07) is 13.6. The summed E-state index contributed by atoms with van der Waals surface area (Å²) < 4.78 is 1.24. The highest BCUT2D eigenvalue weighted by Crippen LogP contribution is 2.34. The van der Waals surface area contributed by atoms with E-state index in [0.29, 0.717) is 5.56 Å². The lowest BCUT2D eigenvalue weighted by Gasteiger charge is -2.08. The Morgan fingerprint density at radius 1 is 1.11 bits per heavy atom. The van der Waals surface area contributed by atoms with E-state index in [1.807, 2.05) is 19.1 Å². The van der Waals surface area contributed by atoms with Crippen LogP contribution in [0.5, 0.6) is 0 Å². The standard InChI is InChI=1S/C16H12O2S/c1-10-9-12(16(17)18)5-6-13(10)14-4-2-3-11-7-8-19-15(11)14/h2-9H,1H3,(H,17,18). The summed E-state index contributed by atoms with van der Waals surface area (Å²) >= 11 is 1.71. The van der Waals surface area contributed by atoms with Crippen LogP contribution in [0.15, 0.2) is 47.8 Å². The summed E-state index contributed by atoms with van der Waals surface area (Å²) in [6.45, 7) is 1.95. The number of hydrogen-bond acceptors (Lipinski definition) is 2. The van der Waals surface area contributed by atoms with E-state index in [4.69, 9.17) is 5.11 Å². The van der Waals surface area contributed by atoms with Crippen LogP contribution in [0.3, 0.4) is 0 Å². The van der Waals surface area contributed by atoms with Crippen molar-refractivity contribution in [2.75, 3.05) is 0 Å². The number of carbonyl (C=O) groups is 1. The number of carboxylic acid groups (broad SMARTS) is 1. The van der Waals surface area contributed by atoms with Crippen LogP contribution in [0, 0.1) is 6.92 Å². The van der Waals surface area contributed by atoms with Crippen LogP contribution in [0.25, 0.3) is 21.2 Å². The number of thiophene rings is 1. The van der Waals surface area contributed by atoms with Crippen molar-refractivity contribution in [3.05, 3.63) is 59.0 Å². The predicted molar refractivity (Wildman–Crippen MR) is 79.0 cm³/mol. The smallest absolute Gasteiger partial charge is 0.335 e. The number of carboxylic acids is 1. The zero-order valence-corrected chi connectivity index (χ0v) is 11.2. The number of aryl methyl sites for hydroxylation is 1. The van der Waals surface area contributed by atoms with E-state index in [1.54, 1.807) is 23.5 Å². The zero-order valence-electron chi connectivity index (χ0n) is 10.4. The molecule has 94 valence electrons. The zero-order chi connectivity index (χ0) is 13.4. The van der Waals surface area contributed by atoms with E-state index < -0.39 is 5.97 Å². The first-order valence-corrected chi connectivity index (χ1v) is 6.85. The Morgan fingerprint density at radius 2 is 1.95 bits per heavy atom. The van der Waals surface area contributed by atoms with Gasteiger partial charge in [0.1, 0.15) is 0 Å². The number of rotatable bonds is 2. The molecule has 0 radical (unpaired) electrons. The van der Waals surface area contributed by atoms with Gasteiger partial charge in [-0.2, -0.15) is 0 Å². The largest absolute Gasteiger partial charge is 0.478 e. The fourth-order valence-corrected chi connectivity index (χ4v) is 3.23. The molecule has 3 aromatic rings. The molecule has 3 heteroatoms. The summed E-state index contributed by atoms with van der Waals surface area (Å²) in [6.07, 6.45) is 0. The fourth-order valence-electron chi connectivity index (χ4n) is 2.30. The average Bonchev–Trinajstić information content (AvgIpc) is 2.86. The lowest BCUT2D eigenvalue weighted by molar-refractivity contribution is 0.0697. The molecule has 1 heterocycles. The van der Waals surface area contributed by atoms with Crippen LogP contribution < -0.4 is 0 Å². The van der Waals surface area contributed by atoms with Gasteiger partial charge in [-0.15, -0.1) is 11.3 Å². The molecule has 0 amide bonds. The predicted octanol–water partition coefficient (Wildman–Crippen LogP) is 4.57. The Morgan fingerprint density at radius 3 is 2.68 bits per heavy atom. The molecule has 1 N–H and O–H groups in total. The van der Waals surface area contributed by atoms with Crippen LogP contribution in [0.2, 0.25) is 0 Å². The van der Waals surface area contributed by atoms with Gasteiger partial charge in [0.2, 0.25) is 0 Å². The summed E-state index contributed by atoms with van der Waals surface area (Å²) in [4.78, 5) is 11.0. The van der Waals surface area contributed by atoms with Gasteiger partial charge >= 0.3 is 5.97 Å². The summed E-state index contributed by atoms with van der Waals surface area (Å²) in [5.74, 6) is -0.885. The average molecular weight is 268 g/mol. The Balaban J connectivity index is 2.22. The lowest BCUT2D eigenvalue weighted by atomic mass is 9.97. The van der Waals surface area contributed by atoms with Gasteiger partial charge in [-0.3, -0.25) is 0 Å². The molecular formula is C16H12O2S. The number of aromatic carboxylic acids is 1. The van der Waals surface area contributed by atoms with Gasteiger partial charge in [-0.25, -0.2) is 4.79 Å². The number of benzene rings is 2. The molecule has 3 rings (SSSR count). The molecule has 2 nitrogen and oxygen atoms in total. The maximum Gasteiger partial charge on any atom is 0.335 e. The molecule has 0 aliphatic carbocycles. The van der Waals surface area contributed by atoms with E-state index in [9.17, 15) is 4.79 Å². The third-order valence-electron chi connectivity index (χ3n) is 3.24. The van der Waals surface area contributed by atoms with Crippen molar-refractivity contribution in [2.45, 2.75) is 6.92 Å². The highest BCUT2D eigenvalue weighted by Gasteiger charge is 2.10. The quantitative estimate of drug-likeness (QED) is 0.739. The minimum atomic E-state index is -0.885. The number of hydrogen-bond donors (Lipinski definition) is 1. The van der Waals surface area contributed by atoms with Crippen molar-refractivity contribution in [3.63, 3.8) is 0 Å². The number of fused-ring (bicyclic) bond motifs is 1. The van der Waals surface area contributed by atoms with Gasteiger partial charge in [0.25, 0.3) is 0 Å². The molecular weight excluding hydrogens is 256 g/mol. The van der Waals surface area contributed by atoms with Gasteiger partial charge in [-0.1, -0.05) is 24.3 Å². The summed E-state index contributed by atoms with van der Waals surface area (Å²) in [7, 11) is 0. The SMILES string of the molecule is Cc1cc(C(=O)O)ccc1-c1cccc2ccsc12. The van der Waals surface area contributed by atoms with E-state index in [1.165, 1.54) is 15.6 Å². The van der Waals surface area contributed by atoms with Crippen molar-refractivity contribution in [1.82, 2.24) is 0 Å². The van der Waals surface area contributed by atoms with Crippen molar-refractivity contribution in [2.24, 2.45) is 0 Å². The van der Waals surface area contributed by atoms with E-state index >= 15 is 0 Å². The van der Waals surface area contributed by atoms with Crippen LogP contribution in [0.4, 0.5) is 0 Å². The van der Waals surface area contributed by atoms with Crippen LogP contribution in [-0.4, -0.2) is 11.1 Å². The van der Waals surface area contributed by atoms with E-state index in [-0.39, 0.29) is 0 Å². The first-order valence-electron chi connectivity index (χ1n) is 5.97. The van der Waals surface area contributed by atoms with Crippen molar-refractivity contribution >= 4 is 27.4 Å². The maximum atomic E-state index is 11.0. The molecule has 0 unspecified atom stereocenters. The van der Waals surface area contributed by atoms with Crippen molar-refractivity contribution in [1.29, 1.82) is 0 Å². The Bertz CT molecular complexity index is 771. The molecule has 1 aromatic heterocycles. The second-order valence-electron chi connectivity index (χ2n) is 4.48. The molecule has 0 saturated carbocycles. The normalized spacial score (nSPS) is 10.8. The Kier molecular flexibility index (Phi) is 2.84. The van der Waals surface area contributed by atoms with Gasteiger partial charge in [0, 0.05) is 4.70 Å². The molecule has 2 aromatic carbocycles. The molecule has 0 bridgehead atoms.